The topological polar surface area (TPSA) is 84.5 Å². The third-order valence-corrected chi connectivity index (χ3v) is 7.71. The Morgan fingerprint density at radius 3 is 2.41 bits per heavy atom. The summed E-state index contributed by atoms with van der Waals surface area (Å²) in [4.78, 5) is 12.9. The van der Waals surface area contributed by atoms with Crippen LogP contribution in [0.1, 0.15) is 52.0 Å². The fraction of sp³-hybridized carbons (Fsp3) is 0.269. The maximum Gasteiger partial charge on any atom is 0.263 e. The number of amides is 1. The van der Waals surface area contributed by atoms with Crippen LogP contribution in [0.15, 0.2) is 59.5 Å². The molecular formula is C26H29ClN2O4S. The fourth-order valence-corrected chi connectivity index (χ4v) is 5.34. The Labute approximate surface area is 206 Å². The highest BCUT2D eigenvalue weighted by Gasteiger charge is 2.22. The van der Waals surface area contributed by atoms with Crippen LogP contribution in [0.2, 0.25) is 5.02 Å². The van der Waals surface area contributed by atoms with Gasteiger partial charge in [0.25, 0.3) is 15.9 Å². The molecule has 3 aromatic rings. The van der Waals surface area contributed by atoms with E-state index in [0.29, 0.717) is 12.1 Å². The van der Waals surface area contributed by atoms with Crippen LogP contribution in [0.5, 0.6) is 5.75 Å². The van der Waals surface area contributed by atoms with Crippen molar-refractivity contribution in [1.82, 2.24) is 5.32 Å². The molecule has 3 rings (SSSR count). The predicted octanol–water partition coefficient (Wildman–Crippen LogP) is 5.96. The van der Waals surface area contributed by atoms with Gasteiger partial charge < -0.3 is 10.1 Å². The number of ether oxygens (including phenoxy) is 1. The molecule has 1 amide bonds. The number of benzene rings is 3. The molecule has 0 fully saturated rings. The first kappa shape index (κ1) is 25.6. The summed E-state index contributed by atoms with van der Waals surface area (Å²) in [5, 5.41) is 3.02. The Hall–Kier alpha value is -3.03. The first-order chi connectivity index (χ1) is 16.1. The summed E-state index contributed by atoms with van der Waals surface area (Å²) >= 11 is 6.23. The number of anilines is 1. The van der Waals surface area contributed by atoms with Crippen molar-refractivity contribution in [3.63, 3.8) is 0 Å². The van der Waals surface area contributed by atoms with Gasteiger partial charge in [-0.1, -0.05) is 42.8 Å². The molecule has 0 saturated carbocycles. The number of carbonyl (C=O) groups is 1. The largest absolute Gasteiger partial charge is 0.496 e. The molecule has 1 atom stereocenters. The molecule has 6 nitrogen and oxygen atoms in total. The number of nitrogens with one attached hydrogen (secondary N) is 2. The lowest BCUT2D eigenvalue weighted by molar-refractivity contribution is 0.0935. The lowest BCUT2D eigenvalue weighted by Gasteiger charge is -2.19. The van der Waals surface area contributed by atoms with Gasteiger partial charge >= 0.3 is 0 Å². The molecule has 0 aromatic heterocycles. The van der Waals surface area contributed by atoms with E-state index >= 15 is 0 Å². The van der Waals surface area contributed by atoms with E-state index in [4.69, 9.17) is 16.3 Å². The molecule has 0 aliphatic rings. The lowest BCUT2D eigenvalue weighted by atomic mass is 10.0. The van der Waals surface area contributed by atoms with Gasteiger partial charge in [-0.05, 0) is 79.8 Å². The number of carbonyl (C=O) groups excluding carboxylic acids is 1. The average molecular weight is 501 g/mol. The van der Waals surface area contributed by atoms with Crippen LogP contribution in [0.3, 0.4) is 0 Å². The molecule has 34 heavy (non-hydrogen) atoms. The molecule has 0 spiro atoms. The number of hydrogen-bond donors (Lipinski definition) is 2. The Bertz CT molecular complexity index is 1320. The molecule has 8 heteroatoms. The summed E-state index contributed by atoms with van der Waals surface area (Å²) in [6.45, 7) is 7.65. The van der Waals surface area contributed by atoms with Gasteiger partial charge in [-0.2, -0.15) is 0 Å². The highest BCUT2D eigenvalue weighted by molar-refractivity contribution is 7.92. The Morgan fingerprint density at radius 1 is 1.03 bits per heavy atom. The van der Waals surface area contributed by atoms with Gasteiger partial charge in [0, 0.05) is 5.56 Å². The number of hydrogen-bond acceptors (Lipinski definition) is 4. The summed E-state index contributed by atoms with van der Waals surface area (Å²) in [6.07, 6.45) is 0.657. The minimum Gasteiger partial charge on any atom is -0.496 e. The zero-order chi connectivity index (χ0) is 25.0. The third kappa shape index (κ3) is 5.54. The minimum atomic E-state index is -4.01. The monoisotopic (exact) mass is 500 g/mol. The van der Waals surface area contributed by atoms with E-state index in [1.54, 1.807) is 19.2 Å². The van der Waals surface area contributed by atoms with Gasteiger partial charge in [0.2, 0.25) is 0 Å². The van der Waals surface area contributed by atoms with Crippen LogP contribution < -0.4 is 14.8 Å². The summed E-state index contributed by atoms with van der Waals surface area (Å²) in [7, 11) is -2.40. The average Bonchev–Trinajstić information content (AvgIpc) is 2.80. The van der Waals surface area contributed by atoms with E-state index in [2.05, 4.69) is 10.0 Å². The zero-order valence-electron chi connectivity index (χ0n) is 19.9. The molecule has 0 unspecified atom stereocenters. The van der Waals surface area contributed by atoms with Crippen molar-refractivity contribution in [1.29, 1.82) is 0 Å². The minimum absolute atomic E-state index is 0.0344. The molecule has 0 aliphatic heterocycles. The summed E-state index contributed by atoms with van der Waals surface area (Å²) in [5.41, 5.74) is 4.34. The molecule has 180 valence electrons. The molecule has 0 radical (unpaired) electrons. The van der Waals surface area contributed by atoms with E-state index in [9.17, 15) is 13.2 Å². The molecule has 2 N–H and O–H groups in total. The Kier molecular flexibility index (Phi) is 7.89. The quantitative estimate of drug-likeness (QED) is 0.400. The molecule has 0 saturated heterocycles. The number of aryl methyl sites for hydroxylation is 2. The predicted molar refractivity (Wildman–Crippen MR) is 136 cm³/mol. The maximum atomic E-state index is 13.1. The van der Waals surface area contributed by atoms with E-state index in [1.165, 1.54) is 18.2 Å². The van der Waals surface area contributed by atoms with Gasteiger partial charge in [0.1, 0.15) is 10.6 Å². The van der Waals surface area contributed by atoms with Crippen LogP contribution in [-0.4, -0.2) is 21.4 Å². The SMILES string of the molecule is CC[C@H](NC(=O)c1ccc(Cl)c(S(=O)(=O)Nc2cccc(C)c2C)c1)c1ccc(OC)c(C)c1. The number of sulfonamides is 1. The number of rotatable bonds is 8. The molecule has 0 bridgehead atoms. The Balaban J connectivity index is 1.87. The van der Waals surface area contributed by atoms with Crippen LogP contribution in [0.4, 0.5) is 5.69 Å². The van der Waals surface area contributed by atoms with E-state index < -0.39 is 10.0 Å². The first-order valence-electron chi connectivity index (χ1n) is 10.9. The maximum absolute atomic E-state index is 13.1. The second kappa shape index (κ2) is 10.5. The third-order valence-electron chi connectivity index (χ3n) is 5.87. The normalized spacial score (nSPS) is 12.2. The van der Waals surface area contributed by atoms with Gasteiger partial charge in [-0.15, -0.1) is 0 Å². The zero-order valence-corrected chi connectivity index (χ0v) is 21.5. The molecule has 0 heterocycles. The summed E-state index contributed by atoms with van der Waals surface area (Å²) in [5.74, 6) is 0.383. The fourth-order valence-electron chi connectivity index (χ4n) is 3.69. The van der Waals surface area contributed by atoms with Crippen molar-refractivity contribution in [3.05, 3.63) is 87.4 Å². The van der Waals surface area contributed by atoms with Crippen LogP contribution in [-0.2, 0) is 10.0 Å². The second-order valence-corrected chi connectivity index (χ2v) is 10.2. The summed E-state index contributed by atoms with van der Waals surface area (Å²) in [6, 6.07) is 15.1. The van der Waals surface area contributed by atoms with E-state index in [-0.39, 0.29) is 27.4 Å². The Morgan fingerprint density at radius 2 is 1.76 bits per heavy atom. The van der Waals surface area contributed by atoms with Crippen molar-refractivity contribution in [2.75, 3.05) is 11.8 Å². The van der Waals surface area contributed by atoms with Gasteiger partial charge in [-0.25, -0.2) is 8.42 Å². The summed E-state index contributed by atoms with van der Waals surface area (Å²) < 4.78 is 34.1. The number of methoxy groups -OCH3 is 1. The van der Waals surface area contributed by atoms with Gasteiger partial charge in [-0.3, -0.25) is 9.52 Å². The molecule has 3 aromatic carbocycles. The highest BCUT2D eigenvalue weighted by Crippen LogP contribution is 2.28. The molecule has 0 aliphatic carbocycles. The van der Waals surface area contributed by atoms with Crippen molar-refractivity contribution in [3.8, 4) is 5.75 Å². The van der Waals surface area contributed by atoms with Gasteiger partial charge in [0.05, 0.1) is 23.9 Å². The van der Waals surface area contributed by atoms with Crippen LogP contribution in [0.25, 0.3) is 0 Å². The molecular weight excluding hydrogens is 472 g/mol. The lowest BCUT2D eigenvalue weighted by Crippen LogP contribution is -2.28. The van der Waals surface area contributed by atoms with Crippen molar-refractivity contribution in [2.45, 2.75) is 45.1 Å². The smallest absolute Gasteiger partial charge is 0.263 e. The van der Waals surface area contributed by atoms with Crippen LogP contribution >= 0.6 is 11.6 Å². The van der Waals surface area contributed by atoms with Crippen molar-refractivity contribution >= 4 is 33.2 Å². The first-order valence-corrected chi connectivity index (χ1v) is 12.8. The van der Waals surface area contributed by atoms with Crippen molar-refractivity contribution in [2.24, 2.45) is 0 Å². The van der Waals surface area contributed by atoms with Crippen molar-refractivity contribution < 1.29 is 17.9 Å². The second-order valence-electron chi connectivity index (χ2n) is 8.16. The van der Waals surface area contributed by atoms with E-state index in [0.717, 1.165) is 28.0 Å². The standard InChI is InChI=1S/C26H29ClN2O4S/c1-6-22(19-11-13-24(33-5)17(3)14-19)28-26(30)20-10-12-21(27)25(15-20)34(31,32)29-23-9-7-8-16(2)18(23)4/h7-15,22,29H,6H2,1-5H3,(H,28,30)/t22-/m0/s1. The number of halogens is 1. The highest BCUT2D eigenvalue weighted by atomic mass is 35.5. The van der Waals surface area contributed by atoms with E-state index in [1.807, 2.05) is 52.0 Å². The van der Waals surface area contributed by atoms with Crippen LogP contribution in [0, 0.1) is 20.8 Å². The van der Waals surface area contributed by atoms with Gasteiger partial charge in [0.15, 0.2) is 0 Å².